The first-order chi connectivity index (χ1) is 9.13. The summed E-state index contributed by atoms with van der Waals surface area (Å²) >= 11 is 5.74. The molecule has 0 aliphatic carbocycles. The second-order valence-corrected chi connectivity index (χ2v) is 4.44. The first kappa shape index (κ1) is 11.9. The summed E-state index contributed by atoms with van der Waals surface area (Å²) < 4.78 is 18.7. The van der Waals surface area contributed by atoms with Crippen LogP contribution in [0.4, 0.5) is 4.39 Å². The lowest BCUT2D eigenvalue weighted by atomic mass is 10.2. The maximum atomic E-state index is 13.1. The number of furan rings is 1. The Balaban J connectivity index is 1.98. The van der Waals surface area contributed by atoms with Gasteiger partial charge in [0.25, 0.3) is 0 Å². The van der Waals surface area contributed by atoms with Crippen LogP contribution in [-0.2, 0) is 0 Å². The van der Waals surface area contributed by atoms with Crippen LogP contribution in [0.5, 0.6) is 0 Å². The minimum atomic E-state index is -0.457. The van der Waals surface area contributed by atoms with Crippen molar-refractivity contribution >= 4 is 11.6 Å². The summed E-state index contributed by atoms with van der Waals surface area (Å²) in [5.41, 5.74) is 0.699. The summed E-state index contributed by atoms with van der Waals surface area (Å²) in [5, 5.41) is 6.81. The molecule has 0 amide bonds. The molecule has 0 fully saturated rings. The van der Waals surface area contributed by atoms with Crippen molar-refractivity contribution in [3.8, 4) is 22.9 Å². The molecule has 0 bridgehead atoms. The van der Waals surface area contributed by atoms with Gasteiger partial charge in [-0.3, -0.25) is 5.10 Å². The largest absolute Gasteiger partial charge is 0.453 e. The molecule has 0 atom stereocenters. The van der Waals surface area contributed by atoms with Gasteiger partial charge in [-0.15, -0.1) is 0 Å². The SMILES string of the molecule is Cc1nc(-c2ccc(-c3ccc(F)c(Cl)c3)o2)n[nH]1. The molecule has 6 heteroatoms. The van der Waals surface area contributed by atoms with Crippen LogP contribution in [-0.4, -0.2) is 15.2 Å². The smallest absolute Gasteiger partial charge is 0.216 e. The van der Waals surface area contributed by atoms with Crippen molar-refractivity contribution in [3.63, 3.8) is 0 Å². The number of hydrogen-bond acceptors (Lipinski definition) is 3. The lowest BCUT2D eigenvalue weighted by Crippen LogP contribution is -1.79. The van der Waals surface area contributed by atoms with Gasteiger partial charge in [0.2, 0.25) is 5.82 Å². The van der Waals surface area contributed by atoms with Gasteiger partial charge in [-0.1, -0.05) is 11.6 Å². The number of hydrogen-bond donors (Lipinski definition) is 1. The Kier molecular flexibility index (Phi) is 2.83. The highest BCUT2D eigenvalue weighted by molar-refractivity contribution is 6.31. The van der Waals surface area contributed by atoms with E-state index in [9.17, 15) is 4.39 Å². The third kappa shape index (κ3) is 2.24. The van der Waals surface area contributed by atoms with E-state index >= 15 is 0 Å². The number of halogens is 2. The number of nitrogens with one attached hydrogen (secondary N) is 1. The molecule has 4 nitrogen and oxygen atoms in total. The topological polar surface area (TPSA) is 54.7 Å². The van der Waals surface area contributed by atoms with Crippen LogP contribution in [0.1, 0.15) is 5.82 Å². The highest BCUT2D eigenvalue weighted by Crippen LogP contribution is 2.29. The van der Waals surface area contributed by atoms with Crippen molar-refractivity contribution in [2.24, 2.45) is 0 Å². The second-order valence-electron chi connectivity index (χ2n) is 4.04. The van der Waals surface area contributed by atoms with Gasteiger partial charge in [-0.2, -0.15) is 5.10 Å². The quantitative estimate of drug-likeness (QED) is 0.774. The van der Waals surface area contributed by atoms with E-state index < -0.39 is 5.82 Å². The molecule has 3 aromatic rings. The predicted octanol–water partition coefficient (Wildman–Crippen LogP) is 3.83. The molecule has 1 aromatic carbocycles. The fourth-order valence-electron chi connectivity index (χ4n) is 1.72. The van der Waals surface area contributed by atoms with Gasteiger partial charge in [0.05, 0.1) is 5.02 Å². The van der Waals surface area contributed by atoms with Crippen molar-refractivity contribution < 1.29 is 8.81 Å². The Morgan fingerprint density at radius 2 is 2.00 bits per heavy atom. The van der Waals surface area contributed by atoms with Crippen molar-refractivity contribution in [3.05, 3.63) is 47.0 Å². The number of H-pyrrole nitrogens is 1. The molecule has 0 saturated carbocycles. The summed E-state index contributed by atoms with van der Waals surface area (Å²) in [5.74, 6) is 1.86. The maximum Gasteiger partial charge on any atom is 0.216 e. The highest BCUT2D eigenvalue weighted by atomic mass is 35.5. The Hall–Kier alpha value is -2.14. The first-order valence-corrected chi connectivity index (χ1v) is 5.96. The lowest BCUT2D eigenvalue weighted by molar-refractivity contribution is 0.591. The van der Waals surface area contributed by atoms with Gasteiger partial charge < -0.3 is 4.42 Å². The molecular weight excluding hydrogens is 269 g/mol. The molecule has 96 valence electrons. The summed E-state index contributed by atoms with van der Waals surface area (Å²) in [7, 11) is 0. The van der Waals surface area contributed by atoms with E-state index in [1.807, 2.05) is 0 Å². The molecule has 3 rings (SSSR count). The van der Waals surface area contributed by atoms with E-state index in [1.165, 1.54) is 12.1 Å². The fourth-order valence-corrected chi connectivity index (χ4v) is 1.90. The molecule has 0 aliphatic rings. The van der Waals surface area contributed by atoms with E-state index in [2.05, 4.69) is 15.2 Å². The molecule has 19 heavy (non-hydrogen) atoms. The summed E-state index contributed by atoms with van der Waals surface area (Å²) in [6, 6.07) is 7.95. The Labute approximate surface area is 113 Å². The molecule has 0 unspecified atom stereocenters. The van der Waals surface area contributed by atoms with E-state index in [0.29, 0.717) is 28.7 Å². The van der Waals surface area contributed by atoms with Crippen molar-refractivity contribution in [1.82, 2.24) is 15.2 Å². The lowest BCUT2D eigenvalue weighted by Gasteiger charge is -1.98. The van der Waals surface area contributed by atoms with E-state index in [1.54, 1.807) is 25.1 Å². The molecule has 0 spiro atoms. The van der Waals surface area contributed by atoms with Crippen LogP contribution < -0.4 is 0 Å². The monoisotopic (exact) mass is 277 g/mol. The van der Waals surface area contributed by atoms with Crippen molar-refractivity contribution in [1.29, 1.82) is 0 Å². The summed E-state index contributed by atoms with van der Waals surface area (Å²) in [4.78, 5) is 4.17. The standard InChI is InChI=1S/C13H9ClFN3O/c1-7-16-13(18-17-7)12-5-4-11(19-12)8-2-3-10(15)9(14)6-8/h2-6H,1H3,(H,16,17,18). The zero-order chi connectivity index (χ0) is 13.4. The Morgan fingerprint density at radius 1 is 1.21 bits per heavy atom. The highest BCUT2D eigenvalue weighted by Gasteiger charge is 2.11. The average Bonchev–Trinajstić information content (AvgIpc) is 3.01. The molecule has 0 radical (unpaired) electrons. The zero-order valence-corrected chi connectivity index (χ0v) is 10.7. The van der Waals surface area contributed by atoms with Gasteiger partial charge >= 0.3 is 0 Å². The molecule has 2 aromatic heterocycles. The molecule has 2 heterocycles. The van der Waals surface area contributed by atoms with Crippen molar-refractivity contribution in [2.45, 2.75) is 6.92 Å². The number of aromatic nitrogens is 3. The zero-order valence-electron chi connectivity index (χ0n) is 9.95. The first-order valence-electron chi connectivity index (χ1n) is 5.58. The van der Waals surface area contributed by atoms with E-state index in [0.717, 1.165) is 0 Å². The number of benzene rings is 1. The van der Waals surface area contributed by atoms with Crippen LogP contribution in [0.25, 0.3) is 22.9 Å². The Bertz CT molecular complexity index is 735. The van der Waals surface area contributed by atoms with Gasteiger partial charge in [0, 0.05) is 5.56 Å². The predicted molar refractivity (Wildman–Crippen MR) is 69.2 cm³/mol. The number of aromatic amines is 1. The van der Waals surface area contributed by atoms with Gasteiger partial charge in [0.1, 0.15) is 17.4 Å². The Morgan fingerprint density at radius 3 is 2.68 bits per heavy atom. The van der Waals surface area contributed by atoms with Gasteiger partial charge in [-0.25, -0.2) is 9.37 Å². The van der Waals surface area contributed by atoms with Crippen LogP contribution in [0.2, 0.25) is 5.02 Å². The number of aryl methyl sites for hydroxylation is 1. The van der Waals surface area contributed by atoms with E-state index in [-0.39, 0.29) is 5.02 Å². The molecule has 0 aliphatic heterocycles. The fraction of sp³-hybridized carbons (Fsp3) is 0.0769. The van der Waals surface area contributed by atoms with Crippen LogP contribution in [0, 0.1) is 12.7 Å². The van der Waals surface area contributed by atoms with Gasteiger partial charge in [0.15, 0.2) is 5.76 Å². The van der Waals surface area contributed by atoms with Crippen molar-refractivity contribution in [2.75, 3.05) is 0 Å². The van der Waals surface area contributed by atoms with E-state index in [4.69, 9.17) is 16.0 Å². The maximum absolute atomic E-state index is 13.1. The van der Waals surface area contributed by atoms with Crippen LogP contribution >= 0.6 is 11.6 Å². The van der Waals surface area contributed by atoms with Crippen LogP contribution in [0.3, 0.4) is 0 Å². The molecule has 1 N–H and O–H groups in total. The van der Waals surface area contributed by atoms with Crippen LogP contribution in [0.15, 0.2) is 34.7 Å². The summed E-state index contributed by atoms with van der Waals surface area (Å²) in [6.07, 6.45) is 0. The normalized spacial score (nSPS) is 10.9. The number of rotatable bonds is 2. The minimum Gasteiger partial charge on any atom is -0.453 e. The molecule has 0 saturated heterocycles. The number of nitrogens with zero attached hydrogens (tertiary/aromatic N) is 2. The third-order valence-electron chi connectivity index (χ3n) is 2.63. The molecular formula is C13H9ClFN3O. The third-order valence-corrected chi connectivity index (χ3v) is 2.92. The average molecular weight is 278 g/mol. The van der Waals surface area contributed by atoms with Gasteiger partial charge in [-0.05, 0) is 37.3 Å². The minimum absolute atomic E-state index is 0.0594. The summed E-state index contributed by atoms with van der Waals surface area (Å²) in [6.45, 7) is 1.81. The second kappa shape index (κ2) is 4.51.